The maximum absolute atomic E-state index is 12.3. The largest absolute Gasteiger partial charge is 0.367 e. The number of hydrogen-bond acceptors (Lipinski definition) is 3. The van der Waals surface area contributed by atoms with E-state index in [-0.39, 0.29) is 5.91 Å². The highest BCUT2D eigenvalue weighted by atomic mass is 79.9. The van der Waals surface area contributed by atoms with Gasteiger partial charge >= 0.3 is 0 Å². The molecular weight excluding hydrogens is 332 g/mol. The van der Waals surface area contributed by atoms with E-state index in [0.29, 0.717) is 15.7 Å². The maximum atomic E-state index is 12.3. The molecule has 0 heterocycles. The van der Waals surface area contributed by atoms with Crippen molar-refractivity contribution in [2.75, 3.05) is 12.4 Å². The zero-order valence-electron chi connectivity index (χ0n) is 11.3. The number of nitrogens with zero attached hydrogens (tertiary/aromatic N) is 1. The average Bonchev–Trinajstić information content (AvgIpc) is 2.51. The minimum Gasteiger partial charge on any atom is -0.367 e. The van der Waals surface area contributed by atoms with Crippen molar-refractivity contribution >= 4 is 27.5 Å². The Morgan fingerprint density at radius 2 is 2.00 bits per heavy atom. The van der Waals surface area contributed by atoms with E-state index in [2.05, 4.69) is 21.2 Å². The number of ether oxygens (including phenoxy) is 1. The molecule has 2 rings (SSSR count). The Kier molecular flexibility index (Phi) is 5.09. The van der Waals surface area contributed by atoms with E-state index in [4.69, 9.17) is 10.00 Å². The van der Waals surface area contributed by atoms with Gasteiger partial charge in [-0.15, -0.1) is 0 Å². The van der Waals surface area contributed by atoms with E-state index < -0.39 is 6.10 Å². The first-order chi connectivity index (χ1) is 10.2. The summed E-state index contributed by atoms with van der Waals surface area (Å²) >= 11 is 3.34. The van der Waals surface area contributed by atoms with Crippen molar-refractivity contribution in [1.82, 2.24) is 0 Å². The van der Waals surface area contributed by atoms with Crippen molar-refractivity contribution in [2.45, 2.75) is 6.10 Å². The molecule has 0 unspecified atom stereocenters. The van der Waals surface area contributed by atoms with Crippen LogP contribution in [0.4, 0.5) is 5.69 Å². The van der Waals surface area contributed by atoms with E-state index >= 15 is 0 Å². The summed E-state index contributed by atoms with van der Waals surface area (Å²) in [5.41, 5.74) is 1.89. The smallest absolute Gasteiger partial charge is 0.258 e. The SMILES string of the molecule is CO[C@@H](C(=O)Nc1ccc(C#N)cc1Br)c1ccccc1. The number of halogens is 1. The van der Waals surface area contributed by atoms with Crippen molar-refractivity contribution in [2.24, 2.45) is 0 Å². The van der Waals surface area contributed by atoms with Crippen molar-refractivity contribution in [3.05, 3.63) is 64.1 Å². The molecular formula is C16H13BrN2O2. The summed E-state index contributed by atoms with van der Waals surface area (Å²) in [4.78, 5) is 12.3. The molecule has 1 atom stereocenters. The van der Waals surface area contributed by atoms with E-state index in [9.17, 15) is 4.79 Å². The zero-order valence-corrected chi connectivity index (χ0v) is 12.9. The fraction of sp³-hybridized carbons (Fsp3) is 0.125. The second-order valence-corrected chi connectivity index (χ2v) is 5.18. The molecule has 0 saturated carbocycles. The number of benzene rings is 2. The van der Waals surface area contributed by atoms with Crippen LogP contribution in [0.25, 0.3) is 0 Å². The van der Waals surface area contributed by atoms with E-state index in [1.807, 2.05) is 36.4 Å². The van der Waals surface area contributed by atoms with Gasteiger partial charge in [-0.1, -0.05) is 30.3 Å². The molecule has 0 aromatic heterocycles. The molecule has 2 aromatic carbocycles. The standard InChI is InChI=1S/C16H13BrN2O2/c1-21-15(12-5-3-2-4-6-12)16(20)19-14-8-7-11(10-18)9-13(14)17/h2-9,15H,1H3,(H,19,20)/t15-/m1/s1. The van der Waals surface area contributed by atoms with Gasteiger partial charge in [0.15, 0.2) is 6.10 Å². The first-order valence-corrected chi connectivity index (χ1v) is 7.03. The molecule has 106 valence electrons. The van der Waals surface area contributed by atoms with E-state index in [1.54, 1.807) is 18.2 Å². The van der Waals surface area contributed by atoms with E-state index in [0.717, 1.165) is 5.56 Å². The normalized spacial score (nSPS) is 11.5. The highest BCUT2D eigenvalue weighted by Crippen LogP contribution is 2.25. The summed E-state index contributed by atoms with van der Waals surface area (Å²) in [5.74, 6) is -0.269. The van der Waals surface area contributed by atoms with Gasteiger partial charge in [-0.25, -0.2) is 0 Å². The number of nitrogens with one attached hydrogen (secondary N) is 1. The lowest BCUT2D eigenvalue weighted by Crippen LogP contribution is -2.22. The molecule has 0 spiro atoms. The van der Waals surface area contributed by atoms with Crippen LogP contribution in [0, 0.1) is 11.3 Å². The molecule has 1 N–H and O–H groups in total. The van der Waals surface area contributed by atoms with Gasteiger partial charge in [0.25, 0.3) is 5.91 Å². The summed E-state index contributed by atoms with van der Waals surface area (Å²) in [6.45, 7) is 0. The Bertz CT molecular complexity index is 680. The van der Waals surface area contributed by atoms with E-state index in [1.165, 1.54) is 7.11 Å². The second kappa shape index (κ2) is 7.02. The van der Waals surface area contributed by atoms with Gasteiger partial charge in [-0.2, -0.15) is 5.26 Å². The number of nitriles is 1. The Labute approximate surface area is 131 Å². The molecule has 1 amide bonds. The van der Waals surface area contributed by atoms with Crippen LogP contribution in [0.2, 0.25) is 0 Å². The number of amides is 1. The third-order valence-electron chi connectivity index (χ3n) is 2.93. The minimum absolute atomic E-state index is 0.269. The summed E-state index contributed by atoms with van der Waals surface area (Å²) in [6.07, 6.45) is -0.686. The van der Waals surface area contributed by atoms with Gasteiger partial charge in [0.2, 0.25) is 0 Å². The van der Waals surface area contributed by atoms with Crippen molar-refractivity contribution in [3.8, 4) is 6.07 Å². The van der Waals surface area contributed by atoms with Crippen LogP contribution in [0.5, 0.6) is 0 Å². The molecule has 5 heteroatoms. The topological polar surface area (TPSA) is 62.1 Å². The first kappa shape index (κ1) is 15.2. The van der Waals surface area contributed by atoms with Crippen LogP contribution < -0.4 is 5.32 Å². The van der Waals surface area contributed by atoms with Crippen molar-refractivity contribution in [3.63, 3.8) is 0 Å². The van der Waals surface area contributed by atoms with Crippen LogP contribution in [0.15, 0.2) is 53.0 Å². The van der Waals surface area contributed by atoms with Gasteiger partial charge < -0.3 is 10.1 Å². The number of carbonyl (C=O) groups excluding carboxylic acids is 1. The Morgan fingerprint density at radius 1 is 1.29 bits per heavy atom. The quantitative estimate of drug-likeness (QED) is 0.920. The van der Waals surface area contributed by atoms with Gasteiger partial charge in [-0.05, 0) is 39.7 Å². The molecule has 0 radical (unpaired) electrons. The van der Waals surface area contributed by atoms with Crippen LogP contribution >= 0.6 is 15.9 Å². The highest BCUT2D eigenvalue weighted by molar-refractivity contribution is 9.10. The molecule has 4 nitrogen and oxygen atoms in total. The monoisotopic (exact) mass is 344 g/mol. The van der Waals surface area contributed by atoms with Gasteiger partial charge in [-0.3, -0.25) is 4.79 Å². The van der Waals surface area contributed by atoms with Crippen LogP contribution in [0.1, 0.15) is 17.2 Å². The lowest BCUT2D eigenvalue weighted by atomic mass is 10.1. The fourth-order valence-electron chi connectivity index (χ4n) is 1.91. The minimum atomic E-state index is -0.686. The Balaban J connectivity index is 2.19. The molecule has 0 saturated heterocycles. The van der Waals surface area contributed by atoms with Gasteiger partial charge in [0.1, 0.15) is 0 Å². The molecule has 0 aliphatic heterocycles. The number of anilines is 1. The third kappa shape index (κ3) is 3.69. The fourth-order valence-corrected chi connectivity index (χ4v) is 2.38. The van der Waals surface area contributed by atoms with Crippen molar-refractivity contribution < 1.29 is 9.53 Å². The third-order valence-corrected chi connectivity index (χ3v) is 3.59. The second-order valence-electron chi connectivity index (χ2n) is 4.32. The number of carbonyl (C=O) groups is 1. The summed E-state index contributed by atoms with van der Waals surface area (Å²) < 4.78 is 5.93. The van der Waals surface area contributed by atoms with Crippen LogP contribution in [-0.4, -0.2) is 13.0 Å². The Morgan fingerprint density at radius 3 is 2.57 bits per heavy atom. The highest BCUT2D eigenvalue weighted by Gasteiger charge is 2.20. The van der Waals surface area contributed by atoms with Crippen molar-refractivity contribution in [1.29, 1.82) is 5.26 Å². The number of rotatable bonds is 4. The summed E-state index contributed by atoms with van der Waals surface area (Å²) in [6, 6.07) is 16.3. The molecule has 2 aromatic rings. The van der Waals surface area contributed by atoms with Crippen LogP contribution in [0.3, 0.4) is 0 Å². The first-order valence-electron chi connectivity index (χ1n) is 6.24. The number of methoxy groups -OCH3 is 1. The predicted octanol–water partition coefficient (Wildman–Crippen LogP) is 3.65. The molecule has 0 fully saturated rings. The van der Waals surface area contributed by atoms with Crippen LogP contribution in [-0.2, 0) is 9.53 Å². The summed E-state index contributed by atoms with van der Waals surface area (Å²) in [5, 5.41) is 11.6. The average molecular weight is 345 g/mol. The zero-order chi connectivity index (χ0) is 15.2. The molecule has 0 aliphatic carbocycles. The Hall–Kier alpha value is -2.16. The van der Waals surface area contributed by atoms with Gasteiger partial charge in [0.05, 0.1) is 17.3 Å². The molecule has 21 heavy (non-hydrogen) atoms. The lowest BCUT2D eigenvalue weighted by molar-refractivity contribution is -0.126. The summed E-state index contributed by atoms with van der Waals surface area (Å²) in [7, 11) is 1.49. The predicted molar refractivity (Wildman–Crippen MR) is 83.7 cm³/mol. The number of hydrogen-bond donors (Lipinski definition) is 1. The lowest BCUT2D eigenvalue weighted by Gasteiger charge is -2.16. The van der Waals surface area contributed by atoms with Gasteiger partial charge in [0, 0.05) is 11.6 Å². The maximum Gasteiger partial charge on any atom is 0.258 e. The molecule has 0 aliphatic rings. The molecule has 0 bridgehead atoms.